The average molecular weight is 299 g/mol. The first-order valence-electron chi connectivity index (χ1n) is 6.64. The van der Waals surface area contributed by atoms with Crippen molar-refractivity contribution in [2.24, 2.45) is 0 Å². The van der Waals surface area contributed by atoms with Gasteiger partial charge in [0.25, 0.3) is 10.2 Å². The van der Waals surface area contributed by atoms with Crippen LogP contribution in [0.15, 0.2) is 30.3 Å². The van der Waals surface area contributed by atoms with Crippen LogP contribution in [0.25, 0.3) is 0 Å². The molecule has 0 spiro atoms. The van der Waals surface area contributed by atoms with Crippen LogP contribution in [0, 0.1) is 0 Å². The number of rotatable bonds is 7. The predicted molar refractivity (Wildman–Crippen MR) is 82.7 cm³/mol. The van der Waals surface area contributed by atoms with Gasteiger partial charge in [0, 0.05) is 32.2 Å². The van der Waals surface area contributed by atoms with E-state index in [2.05, 4.69) is 29.1 Å². The normalized spacial score (nSPS) is 14.5. The molecule has 0 aliphatic rings. The molecule has 0 unspecified atom stereocenters. The van der Waals surface area contributed by atoms with E-state index in [4.69, 9.17) is 0 Å². The quantitative estimate of drug-likeness (QED) is 0.802. The Morgan fingerprint density at radius 2 is 1.75 bits per heavy atom. The monoisotopic (exact) mass is 299 g/mol. The third-order valence-electron chi connectivity index (χ3n) is 3.08. The Kier molecular flexibility index (Phi) is 5.70. The molecule has 0 heterocycles. The Hall–Kier alpha value is -0.950. The van der Waals surface area contributed by atoms with Crippen molar-refractivity contribution >= 4 is 10.2 Å². The lowest BCUT2D eigenvalue weighted by Crippen LogP contribution is -2.51. The third-order valence-corrected chi connectivity index (χ3v) is 4.55. The zero-order valence-corrected chi connectivity index (χ0v) is 13.7. The minimum atomic E-state index is -3.39. The van der Waals surface area contributed by atoms with E-state index < -0.39 is 10.2 Å². The zero-order valence-electron chi connectivity index (χ0n) is 12.8. The molecule has 0 radical (unpaired) electrons. The molecular weight excluding hydrogens is 274 g/mol. The number of nitrogens with one attached hydrogen (secondary N) is 2. The summed E-state index contributed by atoms with van der Waals surface area (Å²) in [6, 6.07) is 10.2. The second kappa shape index (κ2) is 6.67. The van der Waals surface area contributed by atoms with Crippen LogP contribution >= 0.6 is 0 Å². The summed E-state index contributed by atoms with van der Waals surface area (Å²) in [5, 5.41) is 3.44. The Labute approximate surface area is 122 Å². The number of hydrogen-bond donors (Lipinski definition) is 2. The van der Waals surface area contributed by atoms with Gasteiger partial charge in [-0.1, -0.05) is 30.3 Å². The van der Waals surface area contributed by atoms with Gasteiger partial charge in [0.15, 0.2) is 0 Å². The number of benzene rings is 1. The summed E-state index contributed by atoms with van der Waals surface area (Å²) >= 11 is 0. The SMILES string of the molecule is C[C@@H](NC(C)(C)CNS(=O)(=O)N(C)C)c1ccccc1. The fraction of sp³-hybridized carbons (Fsp3) is 0.571. The summed E-state index contributed by atoms with van der Waals surface area (Å²) in [5.41, 5.74) is 0.828. The summed E-state index contributed by atoms with van der Waals surface area (Å²) < 4.78 is 27.2. The van der Waals surface area contributed by atoms with Gasteiger partial charge in [-0.25, -0.2) is 4.72 Å². The summed E-state index contributed by atoms with van der Waals surface area (Å²) in [6.45, 7) is 6.34. The second-order valence-corrected chi connectivity index (χ2v) is 7.74. The summed E-state index contributed by atoms with van der Waals surface area (Å²) in [6.07, 6.45) is 0. The zero-order chi connectivity index (χ0) is 15.4. The Morgan fingerprint density at radius 3 is 2.25 bits per heavy atom. The predicted octanol–water partition coefficient (Wildman–Crippen LogP) is 1.51. The van der Waals surface area contributed by atoms with E-state index in [-0.39, 0.29) is 11.6 Å². The number of hydrogen-bond acceptors (Lipinski definition) is 3. The average Bonchev–Trinajstić information content (AvgIpc) is 2.37. The van der Waals surface area contributed by atoms with Crippen LogP contribution in [0.4, 0.5) is 0 Å². The molecule has 0 aromatic heterocycles. The molecule has 0 aliphatic carbocycles. The lowest BCUT2D eigenvalue weighted by atomic mass is 10.0. The highest BCUT2D eigenvalue weighted by molar-refractivity contribution is 7.87. The smallest absolute Gasteiger partial charge is 0.278 e. The van der Waals surface area contributed by atoms with Crippen LogP contribution in [0.3, 0.4) is 0 Å². The van der Waals surface area contributed by atoms with Crippen molar-refractivity contribution in [3.8, 4) is 0 Å². The standard InChI is InChI=1S/C14H25N3O2S/c1-12(13-9-7-6-8-10-13)16-14(2,3)11-15-20(18,19)17(4)5/h6-10,12,15-16H,11H2,1-5H3/t12-/m1/s1. The first kappa shape index (κ1) is 17.1. The van der Waals surface area contributed by atoms with E-state index >= 15 is 0 Å². The van der Waals surface area contributed by atoms with Gasteiger partial charge in [0.2, 0.25) is 0 Å². The lowest BCUT2D eigenvalue weighted by molar-refractivity contribution is 0.343. The Balaban J connectivity index is 2.62. The highest BCUT2D eigenvalue weighted by Gasteiger charge is 2.24. The summed E-state index contributed by atoms with van der Waals surface area (Å²) in [7, 11) is -0.370. The summed E-state index contributed by atoms with van der Waals surface area (Å²) in [4.78, 5) is 0. The van der Waals surface area contributed by atoms with Gasteiger partial charge < -0.3 is 5.32 Å². The van der Waals surface area contributed by atoms with Crippen molar-refractivity contribution in [2.45, 2.75) is 32.4 Å². The largest absolute Gasteiger partial charge is 0.304 e. The van der Waals surface area contributed by atoms with E-state index in [1.807, 2.05) is 32.0 Å². The van der Waals surface area contributed by atoms with E-state index in [9.17, 15) is 8.42 Å². The van der Waals surface area contributed by atoms with Gasteiger partial charge in [-0.05, 0) is 26.3 Å². The molecule has 0 amide bonds. The Morgan fingerprint density at radius 1 is 1.20 bits per heavy atom. The van der Waals surface area contributed by atoms with Crippen molar-refractivity contribution in [1.29, 1.82) is 0 Å². The molecule has 1 aromatic carbocycles. The van der Waals surface area contributed by atoms with E-state index in [1.54, 1.807) is 0 Å². The molecule has 0 saturated heterocycles. The van der Waals surface area contributed by atoms with Gasteiger partial charge in [-0.15, -0.1) is 0 Å². The highest BCUT2D eigenvalue weighted by Crippen LogP contribution is 2.15. The van der Waals surface area contributed by atoms with Gasteiger partial charge >= 0.3 is 0 Å². The van der Waals surface area contributed by atoms with Gasteiger partial charge in [0.1, 0.15) is 0 Å². The fourth-order valence-electron chi connectivity index (χ4n) is 1.86. The van der Waals surface area contributed by atoms with Crippen LogP contribution < -0.4 is 10.0 Å². The van der Waals surface area contributed by atoms with Crippen LogP contribution in [-0.4, -0.2) is 38.9 Å². The molecule has 2 N–H and O–H groups in total. The van der Waals surface area contributed by atoms with Crippen molar-refractivity contribution in [3.05, 3.63) is 35.9 Å². The van der Waals surface area contributed by atoms with Crippen molar-refractivity contribution in [2.75, 3.05) is 20.6 Å². The molecule has 0 saturated carbocycles. The van der Waals surface area contributed by atoms with Crippen molar-refractivity contribution in [3.63, 3.8) is 0 Å². The Bertz CT molecular complexity index is 512. The van der Waals surface area contributed by atoms with Crippen LogP contribution in [0.2, 0.25) is 0 Å². The minimum absolute atomic E-state index is 0.148. The molecule has 0 aliphatic heterocycles. The third kappa shape index (κ3) is 5.20. The van der Waals surface area contributed by atoms with Gasteiger partial charge in [-0.3, -0.25) is 0 Å². The fourth-order valence-corrected chi connectivity index (χ4v) is 2.66. The van der Waals surface area contributed by atoms with E-state index in [0.717, 1.165) is 0 Å². The molecule has 20 heavy (non-hydrogen) atoms. The molecule has 1 atom stereocenters. The molecule has 1 aromatic rings. The highest BCUT2D eigenvalue weighted by atomic mass is 32.2. The first-order chi connectivity index (χ1) is 9.14. The maximum atomic E-state index is 11.7. The maximum absolute atomic E-state index is 11.7. The van der Waals surface area contributed by atoms with Crippen molar-refractivity contribution < 1.29 is 8.42 Å². The van der Waals surface area contributed by atoms with Gasteiger partial charge in [0.05, 0.1) is 0 Å². The maximum Gasteiger partial charge on any atom is 0.278 e. The lowest BCUT2D eigenvalue weighted by Gasteiger charge is -2.31. The first-order valence-corrected chi connectivity index (χ1v) is 8.08. The topological polar surface area (TPSA) is 61.4 Å². The van der Waals surface area contributed by atoms with Gasteiger partial charge in [-0.2, -0.15) is 12.7 Å². The molecule has 1 rings (SSSR count). The van der Waals surface area contributed by atoms with E-state index in [0.29, 0.717) is 6.54 Å². The van der Waals surface area contributed by atoms with Crippen LogP contribution in [0.5, 0.6) is 0 Å². The van der Waals surface area contributed by atoms with Crippen LogP contribution in [-0.2, 0) is 10.2 Å². The van der Waals surface area contributed by atoms with Crippen molar-refractivity contribution in [1.82, 2.24) is 14.3 Å². The molecule has 5 nitrogen and oxygen atoms in total. The second-order valence-electron chi connectivity index (χ2n) is 5.77. The molecule has 0 bridgehead atoms. The molecule has 0 fully saturated rings. The van der Waals surface area contributed by atoms with Crippen LogP contribution in [0.1, 0.15) is 32.4 Å². The minimum Gasteiger partial charge on any atom is -0.304 e. The summed E-state index contributed by atoms with van der Waals surface area (Å²) in [5.74, 6) is 0. The van der Waals surface area contributed by atoms with E-state index in [1.165, 1.54) is 24.0 Å². The number of nitrogens with zero attached hydrogens (tertiary/aromatic N) is 1. The molecular formula is C14H25N3O2S. The molecule has 114 valence electrons. The molecule has 6 heteroatoms.